The van der Waals surface area contributed by atoms with Crippen LogP contribution in [0.5, 0.6) is 5.75 Å². The number of thioether (sulfide) groups is 1. The molecule has 0 aliphatic carbocycles. The summed E-state index contributed by atoms with van der Waals surface area (Å²) >= 11 is 4.94. The van der Waals surface area contributed by atoms with Crippen molar-refractivity contribution in [2.75, 3.05) is 18.2 Å². The van der Waals surface area contributed by atoms with Crippen LogP contribution in [-0.2, 0) is 11.8 Å². The Morgan fingerprint density at radius 2 is 2.20 bits per heavy atom. The number of hydrogen-bond donors (Lipinski definition) is 1. The maximum absolute atomic E-state index is 12.7. The van der Waals surface area contributed by atoms with E-state index in [0.29, 0.717) is 22.3 Å². The van der Waals surface area contributed by atoms with Crippen LogP contribution < -0.4 is 15.6 Å². The lowest BCUT2D eigenvalue weighted by Gasteiger charge is -2.27. The first kappa shape index (κ1) is 18.0. The van der Waals surface area contributed by atoms with Crippen LogP contribution in [0.4, 0.5) is 5.82 Å². The second-order valence-corrected chi connectivity index (χ2v) is 7.74. The summed E-state index contributed by atoms with van der Waals surface area (Å²) in [4.78, 5) is 29.2. The Kier molecular flexibility index (Phi) is 5.19. The Morgan fingerprint density at radius 1 is 1.44 bits per heavy atom. The first-order valence-electron chi connectivity index (χ1n) is 7.83. The normalized spacial score (nSPS) is 16.3. The molecule has 0 fully saturated rings. The maximum Gasteiger partial charge on any atom is 0.279 e. The summed E-state index contributed by atoms with van der Waals surface area (Å²) in [5.74, 6) is 1.58. The van der Waals surface area contributed by atoms with Gasteiger partial charge in [-0.3, -0.25) is 9.59 Å². The Morgan fingerprint density at radius 3 is 2.84 bits per heavy atom. The maximum atomic E-state index is 12.7. The number of carbonyl (C=O) groups is 1. The van der Waals surface area contributed by atoms with Gasteiger partial charge in [0.25, 0.3) is 5.56 Å². The van der Waals surface area contributed by atoms with E-state index >= 15 is 0 Å². The summed E-state index contributed by atoms with van der Waals surface area (Å²) < 4.78 is 7.82. The van der Waals surface area contributed by atoms with Crippen molar-refractivity contribution in [2.24, 2.45) is 7.05 Å². The average Bonchev–Trinajstić information content (AvgIpc) is 2.58. The van der Waals surface area contributed by atoms with Crippen LogP contribution in [0.25, 0.3) is 0 Å². The third kappa shape index (κ3) is 3.32. The van der Waals surface area contributed by atoms with Gasteiger partial charge >= 0.3 is 0 Å². The Balaban J connectivity index is 2.16. The summed E-state index contributed by atoms with van der Waals surface area (Å²) in [6, 6.07) is 5.59. The molecule has 132 valence electrons. The topological polar surface area (TPSA) is 73.2 Å². The molecule has 0 radical (unpaired) electrons. The smallest absolute Gasteiger partial charge is 0.279 e. The monoisotopic (exact) mass is 423 g/mol. The van der Waals surface area contributed by atoms with Crippen molar-refractivity contribution < 1.29 is 9.53 Å². The van der Waals surface area contributed by atoms with Crippen LogP contribution in [-0.4, -0.2) is 28.3 Å². The van der Waals surface area contributed by atoms with Gasteiger partial charge in [0, 0.05) is 19.4 Å². The van der Waals surface area contributed by atoms with Gasteiger partial charge in [-0.25, -0.2) is 0 Å². The van der Waals surface area contributed by atoms with Crippen molar-refractivity contribution in [2.45, 2.75) is 24.4 Å². The minimum absolute atomic E-state index is 0.113. The van der Waals surface area contributed by atoms with Crippen molar-refractivity contribution >= 4 is 39.4 Å². The molecule has 0 saturated carbocycles. The summed E-state index contributed by atoms with van der Waals surface area (Å²) in [5.41, 5.74) is 1.11. The van der Waals surface area contributed by atoms with E-state index in [1.165, 1.54) is 11.8 Å². The van der Waals surface area contributed by atoms with E-state index < -0.39 is 0 Å². The molecule has 0 unspecified atom stereocenters. The van der Waals surface area contributed by atoms with E-state index in [-0.39, 0.29) is 23.8 Å². The van der Waals surface area contributed by atoms with Crippen molar-refractivity contribution in [3.8, 4) is 5.75 Å². The number of halogens is 1. The summed E-state index contributed by atoms with van der Waals surface area (Å²) in [7, 11) is 3.41. The van der Waals surface area contributed by atoms with Gasteiger partial charge in [0.1, 0.15) is 11.6 Å². The number of methoxy groups -OCH3 is 1. The van der Waals surface area contributed by atoms with Crippen molar-refractivity contribution in [1.29, 1.82) is 0 Å². The Labute approximate surface area is 158 Å². The highest BCUT2D eigenvalue weighted by Gasteiger charge is 2.32. The molecule has 2 aromatic rings. The van der Waals surface area contributed by atoms with Crippen LogP contribution in [0.2, 0.25) is 0 Å². The molecule has 8 heteroatoms. The number of fused-ring (bicyclic) bond motifs is 1. The molecule has 1 aliphatic heterocycles. The number of rotatable bonds is 4. The highest BCUT2D eigenvalue weighted by molar-refractivity contribution is 9.10. The number of hydrogen-bond acceptors (Lipinski definition) is 5. The third-order valence-electron chi connectivity index (χ3n) is 4.15. The summed E-state index contributed by atoms with van der Waals surface area (Å²) in [6.45, 7) is 1.99. The lowest BCUT2D eigenvalue weighted by Crippen LogP contribution is -2.33. The number of aromatic nitrogens is 2. The van der Waals surface area contributed by atoms with Crippen LogP contribution >= 0.6 is 27.7 Å². The molecule has 1 aromatic carbocycles. The van der Waals surface area contributed by atoms with Crippen LogP contribution in [0.1, 0.15) is 30.4 Å². The molecule has 1 N–H and O–H groups in total. The minimum atomic E-state index is -0.335. The molecule has 0 spiro atoms. The minimum Gasteiger partial charge on any atom is -0.496 e. The molecule has 1 atom stereocenters. The van der Waals surface area contributed by atoms with E-state index in [9.17, 15) is 9.59 Å². The second-order valence-electron chi connectivity index (χ2n) is 5.65. The van der Waals surface area contributed by atoms with E-state index in [0.717, 1.165) is 15.8 Å². The highest BCUT2D eigenvalue weighted by atomic mass is 79.9. The van der Waals surface area contributed by atoms with E-state index in [4.69, 9.17) is 4.74 Å². The summed E-state index contributed by atoms with van der Waals surface area (Å²) in [6.07, 6.45) is 0.211. The standard InChI is InChI=1S/C17H18BrN3O3S/c1-4-25-17-20-16(23)14-10(8-13(22)19-15(14)21(17)2)9-5-6-12(24-3)11(18)7-9/h5-7,10H,4,8H2,1-3H3,(H,19,22)/t10-/m1/s1. The predicted octanol–water partition coefficient (Wildman–Crippen LogP) is 3.14. The Bertz CT molecular complexity index is 897. The molecular weight excluding hydrogens is 406 g/mol. The fraction of sp³-hybridized carbons (Fsp3) is 0.353. The molecule has 1 amide bonds. The number of nitrogens with zero attached hydrogens (tertiary/aromatic N) is 2. The van der Waals surface area contributed by atoms with Gasteiger partial charge in [-0.15, -0.1) is 0 Å². The molecule has 2 heterocycles. The number of benzene rings is 1. The SMILES string of the molecule is CCSc1nc(=O)c2c(n1C)NC(=O)C[C@@H]2c1ccc(OC)c(Br)c1. The van der Waals surface area contributed by atoms with Crippen molar-refractivity contribution in [1.82, 2.24) is 9.55 Å². The summed E-state index contributed by atoms with van der Waals surface area (Å²) in [5, 5.41) is 3.44. The average molecular weight is 424 g/mol. The van der Waals surface area contributed by atoms with Gasteiger partial charge in [0.2, 0.25) is 5.91 Å². The molecule has 0 saturated heterocycles. The van der Waals surface area contributed by atoms with E-state index in [1.54, 1.807) is 11.7 Å². The van der Waals surface area contributed by atoms with Gasteiger partial charge in [-0.05, 0) is 39.4 Å². The van der Waals surface area contributed by atoms with Crippen LogP contribution in [0, 0.1) is 0 Å². The lowest BCUT2D eigenvalue weighted by atomic mass is 9.87. The zero-order chi connectivity index (χ0) is 18.1. The first-order valence-corrected chi connectivity index (χ1v) is 9.61. The fourth-order valence-electron chi connectivity index (χ4n) is 2.98. The van der Waals surface area contributed by atoms with Gasteiger partial charge in [-0.1, -0.05) is 24.8 Å². The van der Waals surface area contributed by atoms with Gasteiger partial charge in [0.05, 0.1) is 17.1 Å². The molecule has 0 bridgehead atoms. The number of ether oxygens (including phenoxy) is 1. The second kappa shape index (κ2) is 7.21. The molecule has 1 aromatic heterocycles. The fourth-order valence-corrected chi connectivity index (χ4v) is 4.23. The molecule has 3 rings (SSSR count). The molecule has 6 nitrogen and oxygen atoms in total. The number of amides is 1. The van der Waals surface area contributed by atoms with Crippen molar-refractivity contribution in [3.63, 3.8) is 0 Å². The van der Waals surface area contributed by atoms with Gasteiger partial charge < -0.3 is 14.6 Å². The quantitative estimate of drug-likeness (QED) is 0.603. The molecule has 25 heavy (non-hydrogen) atoms. The lowest BCUT2D eigenvalue weighted by molar-refractivity contribution is -0.116. The number of anilines is 1. The van der Waals surface area contributed by atoms with E-state index in [2.05, 4.69) is 26.2 Å². The first-order chi connectivity index (χ1) is 12.0. The van der Waals surface area contributed by atoms with Crippen molar-refractivity contribution in [3.05, 3.63) is 44.2 Å². The number of nitrogens with one attached hydrogen (secondary N) is 1. The van der Waals surface area contributed by atoms with Gasteiger partial charge in [0.15, 0.2) is 5.16 Å². The predicted molar refractivity (Wildman–Crippen MR) is 102 cm³/mol. The number of carbonyl (C=O) groups excluding carboxylic acids is 1. The zero-order valence-electron chi connectivity index (χ0n) is 14.1. The van der Waals surface area contributed by atoms with Gasteiger partial charge in [-0.2, -0.15) is 4.98 Å². The largest absolute Gasteiger partial charge is 0.496 e. The van der Waals surface area contributed by atoms with E-state index in [1.807, 2.05) is 32.2 Å². The van der Waals surface area contributed by atoms with Crippen LogP contribution in [0.3, 0.4) is 0 Å². The third-order valence-corrected chi connectivity index (χ3v) is 5.68. The van der Waals surface area contributed by atoms with Crippen LogP contribution in [0.15, 0.2) is 32.6 Å². The Hall–Kier alpha value is -1.80. The molecule has 1 aliphatic rings. The molecular formula is C17H18BrN3O3S. The highest BCUT2D eigenvalue weighted by Crippen LogP contribution is 2.38. The zero-order valence-corrected chi connectivity index (χ0v) is 16.5.